The average Bonchev–Trinajstić information content (AvgIpc) is 3.30. The third-order valence-corrected chi connectivity index (χ3v) is 7.59. The van der Waals surface area contributed by atoms with E-state index in [0.29, 0.717) is 12.1 Å². The molecule has 0 radical (unpaired) electrons. The van der Waals surface area contributed by atoms with Gasteiger partial charge in [0.25, 0.3) is 10.0 Å². The molecule has 2 heterocycles. The number of nitrogens with one attached hydrogen (secondary N) is 2. The molecule has 1 aliphatic rings. The first kappa shape index (κ1) is 30.2. The zero-order valence-electron chi connectivity index (χ0n) is 20.2. The number of alkyl halides is 3. The summed E-state index contributed by atoms with van der Waals surface area (Å²) in [6.45, 7) is 3.82. The Morgan fingerprint density at radius 1 is 1.18 bits per heavy atom. The van der Waals surface area contributed by atoms with Crippen LogP contribution < -0.4 is 10.0 Å². The Morgan fingerprint density at radius 2 is 1.85 bits per heavy atom. The Labute approximate surface area is 223 Å². The van der Waals surface area contributed by atoms with E-state index in [9.17, 15) is 34.8 Å². The minimum Gasteiger partial charge on any atom is -0.475 e. The maximum Gasteiger partial charge on any atom is 0.490 e. The number of halogens is 6. The van der Waals surface area contributed by atoms with Crippen molar-refractivity contribution in [1.82, 2.24) is 9.88 Å². The van der Waals surface area contributed by atoms with Gasteiger partial charge in [-0.1, -0.05) is 12.1 Å². The first-order chi connectivity index (χ1) is 18.2. The van der Waals surface area contributed by atoms with E-state index in [4.69, 9.17) is 9.90 Å². The van der Waals surface area contributed by atoms with Crippen LogP contribution in [0.4, 0.5) is 37.8 Å². The van der Waals surface area contributed by atoms with Crippen LogP contribution in [-0.2, 0) is 27.9 Å². The lowest BCUT2D eigenvalue weighted by molar-refractivity contribution is -0.192. The Hall–Kier alpha value is -3.37. The Balaban J connectivity index is 0.000000532. The lowest BCUT2D eigenvalue weighted by Crippen LogP contribution is -2.36. The van der Waals surface area contributed by atoms with Crippen molar-refractivity contribution in [2.24, 2.45) is 0 Å². The van der Waals surface area contributed by atoms with Gasteiger partial charge in [-0.25, -0.2) is 31.4 Å². The number of carbonyl (C=O) groups is 1. The fraction of sp³-hybridized carbons (Fsp3) is 0.304. The summed E-state index contributed by atoms with van der Waals surface area (Å²) in [6.07, 6.45) is -3.98. The molecule has 1 aromatic heterocycles. The Kier molecular flexibility index (Phi) is 9.45. The number of sulfonamides is 1. The van der Waals surface area contributed by atoms with Crippen molar-refractivity contribution in [1.29, 1.82) is 0 Å². The van der Waals surface area contributed by atoms with E-state index in [0.717, 1.165) is 42.5 Å². The molecule has 0 spiro atoms. The van der Waals surface area contributed by atoms with Crippen molar-refractivity contribution in [2.45, 2.75) is 37.5 Å². The second-order valence-electron chi connectivity index (χ2n) is 8.32. The van der Waals surface area contributed by atoms with Gasteiger partial charge in [0.15, 0.2) is 16.5 Å². The number of nitrogens with zero attached hydrogens (tertiary/aromatic N) is 2. The van der Waals surface area contributed by atoms with Gasteiger partial charge < -0.3 is 10.4 Å². The molecule has 4 rings (SSSR count). The highest BCUT2D eigenvalue weighted by Gasteiger charge is 2.38. The van der Waals surface area contributed by atoms with Gasteiger partial charge in [0.1, 0.15) is 11.6 Å². The van der Waals surface area contributed by atoms with Gasteiger partial charge >= 0.3 is 12.1 Å². The van der Waals surface area contributed by atoms with Crippen molar-refractivity contribution in [3.8, 4) is 0 Å². The summed E-state index contributed by atoms with van der Waals surface area (Å²) >= 11 is 1.14. The average molecular weight is 597 g/mol. The fourth-order valence-corrected chi connectivity index (χ4v) is 5.24. The van der Waals surface area contributed by atoms with E-state index in [-0.39, 0.29) is 23.6 Å². The molecule has 3 aromatic rings. The van der Waals surface area contributed by atoms with Crippen LogP contribution in [0.3, 0.4) is 0 Å². The van der Waals surface area contributed by atoms with Crippen molar-refractivity contribution < 1.29 is 44.7 Å². The number of aromatic nitrogens is 1. The third kappa shape index (κ3) is 7.60. The van der Waals surface area contributed by atoms with Gasteiger partial charge in [-0.2, -0.15) is 13.2 Å². The van der Waals surface area contributed by atoms with Crippen LogP contribution >= 0.6 is 11.3 Å². The van der Waals surface area contributed by atoms with Crippen LogP contribution in [0, 0.1) is 24.4 Å². The molecule has 0 bridgehead atoms. The van der Waals surface area contributed by atoms with E-state index in [1.807, 2.05) is 6.07 Å². The highest BCUT2D eigenvalue weighted by molar-refractivity contribution is 7.92. The van der Waals surface area contributed by atoms with Gasteiger partial charge in [-0.3, -0.25) is 9.62 Å². The van der Waals surface area contributed by atoms with Crippen molar-refractivity contribution in [3.63, 3.8) is 0 Å². The summed E-state index contributed by atoms with van der Waals surface area (Å²) in [5.74, 6) is -5.67. The van der Waals surface area contributed by atoms with Crippen molar-refractivity contribution >= 4 is 38.8 Å². The minimum atomic E-state index is -5.08. The summed E-state index contributed by atoms with van der Waals surface area (Å²) < 4.78 is 103. The number of thiazole rings is 1. The van der Waals surface area contributed by atoms with Gasteiger partial charge in [0.05, 0.1) is 5.51 Å². The molecule has 0 unspecified atom stereocenters. The monoisotopic (exact) mass is 596 g/mol. The van der Waals surface area contributed by atoms with E-state index < -0.39 is 44.5 Å². The SMILES string of the molecule is Cc1c(NCc2c(F)cccc2CN2CCC2)cc(F)c(S(=O)(=O)Nc2cscn2)c1F.O=C(O)C(F)(F)F. The van der Waals surface area contributed by atoms with Gasteiger partial charge in [0.2, 0.25) is 0 Å². The van der Waals surface area contributed by atoms with Crippen molar-refractivity contribution in [3.05, 3.63) is 69.3 Å². The number of carboxylic acid groups (broad SMARTS) is 1. The highest BCUT2D eigenvalue weighted by Crippen LogP contribution is 2.30. The lowest BCUT2D eigenvalue weighted by atomic mass is 10.0. The number of aliphatic carboxylic acids is 1. The normalized spacial score (nSPS) is 13.7. The molecule has 3 N–H and O–H groups in total. The quantitative estimate of drug-likeness (QED) is 0.310. The summed E-state index contributed by atoms with van der Waals surface area (Å²) in [5, 5.41) is 11.4. The topological polar surface area (TPSA) is 112 Å². The molecular formula is C23H22F6N4O4S2. The van der Waals surface area contributed by atoms with Crippen LogP contribution in [0.15, 0.2) is 40.1 Å². The maximum atomic E-state index is 15.0. The predicted octanol–water partition coefficient (Wildman–Crippen LogP) is 5.12. The number of likely N-dealkylation sites (tertiary alicyclic amines) is 1. The van der Waals surface area contributed by atoms with Gasteiger partial charge in [-0.15, -0.1) is 11.3 Å². The van der Waals surface area contributed by atoms with Gasteiger partial charge in [-0.05, 0) is 44.1 Å². The zero-order valence-corrected chi connectivity index (χ0v) is 21.8. The molecule has 39 heavy (non-hydrogen) atoms. The Bertz CT molecular complexity index is 1430. The second kappa shape index (κ2) is 12.2. The number of hydrogen-bond donors (Lipinski definition) is 3. The molecule has 1 saturated heterocycles. The number of hydrogen-bond acceptors (Lipinski definition) is 7. The predicted molar refractivity (Wildman–Crippen MR) is 131 cm³/mol. The maximum absolute atomic E-state index is 15.0. The second-order valence-corrected chi connectivity index (χ2v) is 10.7. The standard InChI is InChI=1S/C21H21F3N4O2S2.C2HF3O2/c1-13-18(25-9-15-14(4-2-5-16(15)22)10-28-6-3-7-28)8-17(23)21(20(13)24)32(29,30)27-19-11-31-12-26-19;3-2(4,5)1(6)7/h2,4-5,8,11-12,25,27H,3,6-7,9-10H2,1H3;(H,6,7). The van der Waals surface area contributed by atoms with E-state index >= 15 is 0 Å². The van der Waals surface area contributed by atoms with Crippen LogP contribution in [0.5, 0.6) is 0 Å². The van der Waals surface area contributed by atoms with Crippen molar-refractivity contribution in [2.75, 3.05) is 23.1 Å². The first-order valence-corrected chi connectivity index (χ1v) is 13.6. The van der Waals surface area contributed by atoms with E-state index in [1.165, 1.54) is 23.9 Å². The fourth-order valence-electron chi connectivity index (χ4n) is 3.49. The molecule has 8 nitrogen and oxygen atoms in total. The smallest absolute Gasteiger partial charge is 0.475 e. The molecule has 0 saturated carbocycles. The largest absolute Gasteiger partial charge is 0.490 e. The number of carboxylic acids is 1. The molecular weight excluding hydrogens is 574 g/mol. The number of rotatable bonds is 8. The number of anilines is 2. The van der Waals surface area contributed by atoms with Crippen LogP contribution in [0.25, 0.3) is 0 Å². The summed E-state index contributed by atoms with van der Waals surface area (Å²) in [6, 6.07) is 5.70. The molecule has 212 valence electrons. The summed E-state index contributed by atoms with van der Waals surface area (Å²) in [5.41, 5.74) is 2.54. The minimum absolute atomic E-state index is 0.00125. The molecule has 0 atom stereocenters. The van der Waals surface area contributed by atoms with Crippen LogP contribution in [-0.4, -0.2) is 48.6 Å². The van der Waals surface area contributed by atoms with Crippen LogP contribution in [0.1, 0.15) is 23.1 Å². The zero-order chi connectivity index (χ0) is 29.0. The van der Waals surface area contributed by atoms with E-state index in [1.54, 1.807) is 6.07 Å². The van der Waals surface area contributed by atoms with Crippen LogP contribution in [0.2, 0.25) is 0 Å². The number of benzene rings is 2. The lowest BCUT2D eigenvalue weighted by Gasteiger charge is -2.31. The third-order valence-electron chi connectivity index (χ3n) is 5.62. The van der Waals surface area contributed by atoms with Gasteiger partial charge in [0, 0.05) is 35.3 Å². The molecule has 16 heteroatoms. The Morgan fingerprint density at radius 3 is 2.38 bits per heavy atom. The molecule has 1 fully saturated rings. The summed E-state index contributed by atoms with van der Waals surface area (Å²) in [4.78, 5) is 13.8. The molecule has 2 aromatic carbocycles. The molecule has 0 aliphatic carbocycles. The first-order valence-electron chi connectivity index (χ1n) is 11.1. The summed E-state index contributed by atoms with van der Waals surface area (Å²) in [7, 11) is -4.52. The van der Waals surface area contributed by atoms with E-state index in [2.05, 4.69) is 19.9 Å². The highest BCUT2D eigenvalue weighted by atomic mass is 32.2. The molecule has 1 aliphatic heterocycles. The molecule has 0 amide bonds.